The van der Waals surface area contributed by atoms with Crippen LogP contribution in [0.4, 0.5) is 4.39 Å². The van der Waals surface area contributed by atoms with Crippen molar-refractivity contribution in [3.63, 3.8) is 0 Å². The second-order valence-electron chi connectivity index (χ2n) is 8.47. The van der Waals surface area contributed by atoms with Crippen LogP contribution >= 0.6 is 11.3 Å². The lowest BCUT2D eigenvalue weighted by atomic mass is 10.0. The average Bonchev–Trinajstić information content (AvgIpc) is 3.58. The summed E-state index contributed by atoms with van der Waals surface area (Å²) in [5.41, 5.74) is 1.72. The van der Waals surface area contributed by atoms with Gasteiger partial charge in [0.05, 0.1) is 11.0 Å². The molecule has 1 aromatic heterocycles. The number of carbonyl (C=O) groups is 3. The molecule has 0 aliphatic carbocycles. The molecule has 1 N–H and O–H groups in total. The van der Waals surface area contributed by atoms with Gasteiger partial charge in [0.1, 0.15) is 24.5 Å². The van der Waals surface area contributed by atoms with E-state index in [0.717, 1.165) is 10.4 Å². The molecule has 0 saturated carbocycles. The first-order valence-corrected chi connectivity index (χ1v) is 12.0. The Morgan fingerprint density at radius 3 is 2.62 bits per heavy atom. The van der Waals surface area contributed by atoms with Gasteiger partial charge in [-0.3, -0.25) is 14.4 Å². The van der Waals surface area contributed by atoms with Gasteiger partial charge in [0.25, 0.3) is 5.91 Å². The number of Topliss-reactive ketones (excluding diaryl/α,β-unsaturated/α-hetero) is 1. The van der Waals surface area contributed by atoms with Crippen molar-refractivity contribution in [3.05, 3.63) is 83.0 Å². The maximum atomic E-state index is 13.5. The summed E-state index contributed by atoms with van der Waals surface area (Å²) < 4.78 is 18.9. The van der Waals surface area contributed by atoms with Crippen LogP contribution in [0.25, 0.3) is 10.4 Å². The minimum absolute atomic E-state index is 0.00552. The Bertz CT molecular complexity index is 1210. The standard InChI is InChI=1S/C26H23FN2O4S/c27-18-8-6-16(7-9-18)14-19(26(32)29-13-12-21-24(29)20(30)15-33-21)28-25(31)23-11-10-22(34-23)17-4-2-1-3-5-17/h1-11,19,21,24H,12-15H2,(H,28,31). The highest BCUT2D eigenvalue weighted by molar-refractivity contribution is 7.17. The number of hydrogen-bond donors (Lipinski definition) is 1. The molecule has 2 aliphatic rings. The molecule has 3 aromatic rings. The molecule has 174 valence electrons. The lowest BCUT2D eigenvalue weighted by Gasteiger charge is -2.27. The zero-order valence-corrected chi connectivity index (χ0v) is 19.1. The zero-order chi connectivity index (χ0) is 23.7. The van der Waals surface area contributed by atoms with Crippen molar-refractivity contribution < 1.29 is 23.5 Å². The van der Waals surface area contributed by atoms with Crippen LogP contribution in [0.5, 0.6) is 0 Å². The number of amides is 2. The van der Waals surface area contributed by atoms with Gasteiger partial charge in [0.2, 0.25) is 5.91 Å². The first-order chi connectivity index (χ1) is 16.5. The van der Waals surface area contributed by atoms with Crippen LogP contribution in [0.15, 0.2) is 66.7 Å². The van der Waals surface area contributed by atoms with Crippen LogP contribution in [0, 0.1) is 5.82 Å². The third kappa shape index (κ3) is 4.51. The Labute approximate surface area is 200 Å². The Hall–Kier alpha value is -3.36. The molecule has 3 heterocycles. The normalized spacial score (nSPS) is 20.3. The van der Waals surface area contributed by atoms with E-state index < -0.39 is 12.1 Å². The molecule has 0 spiro atoms. The number of thiophene rings is 1. The quantitative estimate of drug-likeness (QED) is 0.589. The van der Waals surface area contributed by atoms with Gasteiger partial charge in [0.15, 0.2) is 5.78 Å². The zero-order valence-electron chi connectivity index (χ0n) is 18.3. The van der Waals surface area contributed by atoms with Crippen molar-refractivity contribution >= 4 is 28.9 Å². The third-order valence-corrected chi connectivity index (χ3v) is 7.37. The molecule has 6 nitrogen and oxygen atoms in total. The second kappa shape index (κ2) is 9.48. The van der Waals surface area contributed by atoms with E-state index in [4.69, 9.17) is 4.74 Å². The number of halogens is 1. The lowest BCUT2D eigenvalue weighted by Crippen LogP contribution is -2.53. The van der Waals surface area contributed by atoms with E-state index in [-0.39, 0.29) is 42.5 Å². The molecular weight excluding hydrogens is 455 g/mol. The van der Waals surface area contributed by atoms with Gasteiger partial charge in [-0.15, -0.1) is 11.3 Å². The van der Waals surface area contributed by atoms with E-state index >= 15 is 0 Å². The van der Waals surface area contributed by atoms with Crippen molar-refractivity contribution in [2.24, 2.45) is 0 Å². The Morgan fingerprint density at radius 1 is 1.09 bits per heavy atom. The Balaban J connectivity index is 1.37. The molecular formula is C26H23FN2O4S. The minimum Gasteiger partial charge on any atom is -0.368 e. The van der Waals surface area contributed by atoms with Crippen molar-refractivity contribution in [2.75, 3.05) is 13.2 Å². The third-order valence-electron chi connectivity index (χ3n) is 6.24. The van der Waals surface area contributed by atoms with Crippen molar-refractivity contribution in [1.82, 2.24) is 10.2 Å². The number of rotatable bonds is 6. The maximum absolute atomic E-state index is 13.5. The van der Waals surface area contributed by atoms with Gasteiger partial charge < -0.3 is 15.0 Å². The largest absolute Gasteiger partial charge is 0.368 e. The molecule has 34 heavy (non-hydrogen) atoms. The van der Waals surface area contributed by atoms with Crippen LogP contribution < -0.4 is 5.32 Å². The van der Waals surface area contributed by atoms with Gasteiger partial charge in [0, 0.05) is 17.8 Å². The van der Waals surface area contributed by atoms with Gasteiger partial charge in [-0.25, -0.2) is 4.39 Å². The number of carbonyl (C=O) groups excluding carboxylic acids is 3. The summed E-state index contributed by atoms with van der Waals surface area (Å²) in [6.07, 6.45) is 0.486. The SMILES string of the molecule is O=C(NC(Cc1ccc(F)cc1)C(=O)N1CCC2OCC(=O)C21)c1ccc(-c2ccccc2)s1. The molecule has 8 heteroatoms. The van der Waals surface area contributed by atoms with Crippen LogP contribution in [-0.2, 0) is 20.7 Å². The second-order valence-corrected chi connectivity index (χ2v) is 9.55. The fourth-order valence-electron chi connectivity index (χ4n) is 4.54. The van der Waals surface area contributed by atoms with E-state index in [0.29, 0.717) is 23.4 Å². The van der Waals surface area contributed by atoms with Crippen molar-refractivity contribution in [2.45, 2.75) is 31.0 Å². The molecule has 0 radical (unpaired) electrons. The van der Waals surface area contributed by atoms with Crippen LogP contribution in [0.1, 0.15) is 21.7 Å². The predicted octanol–water partition coefficient (Wildman–Crippen LogP) is 3.46. The molecule has 2 amide bonds. The first-order valence-electron chi connectivity index (χ1n) is 11.1. The van der Waals surface area contributed by atoms with E-state index in [9.17, 15) is 18.8 Å². The number of ketones is 1. The molecule has 5 rings (SSSR count). The molecule has 2 fully saturated rings. The van der Waals surface area contributed by atoms with Crippen LogP contribution in [0.2, 0.25) is 0 Å². The molecule has 2 aliphatic heterocycles. The number of nitrogens with zero attached hydrogens (tertiary/aromatic N) is 1. The van der Waals surface area contributed by atoms with E-state index in [1.807, 2.05) is 36.4 Å². The summed E-state index contributed by atoms with van der Waals surface area (Å²) in [5, 5.41) is 2.87. The number of fused-ring (bicyclic) bond motifs is 1. The molecule has 3 unspecified atom stereocenters. The highest BCUT2D eigenvalue weighted by Crippen LogP contribution is 2.29. The fraction of sp³-hybridized carbons (Fsp3) is 0.269. The summed E-state index contributed by atoms with van der Waals surface area (Å²) in [4.78, 5) is 41.9. The number of hydrogen-bond acceptors (Lipinski definition) is 5. The molecule has 0 bridgehead atoms. The van der Waals surface area contributed by atoms with Gasteiger partial charge in [-0.1, -0.05) is 42.5 Å². The van der Waals surface area contributed by atoms with Gasteiger partial charge in [-0.2, -0.15) is 0 Å². The number of ether oxygens (including phenoxy) is 1. The van der Waals surface area contributed by atoms with Gasteiger partial charge >= 0.3 is 0 Å². The summed E-state index contributed by atoms with van der Waals surface area (Å²) in [6, 6.07) is 17.7. The van der Waals surface area contributed by atoms with Crippen LogP contribution in [-0.4, -0.2) is 53.8 Å². The average molecular weight is 479 g/mol. The van der Waals surface area contributed by atoms with Gasteiger partial charge in [-0.05, 0) is 41.8 Å². The van der Waals surface area contributed by atoms with E-state index in [1.165, 1.54) is 28.4 Å². The number of benzene rings is 2. The molecule has 2 aromatic carbocycles. The highest BCUT2D eigenvalue weighted by Gasteiger charge is 2.48. The lowest BCUT2D eigenvalue weighted by molar-refractivity contribution is -0.138. The monoisotopic (exact) mass is 478 g/mol. The molecule has 2 saturated heterocycles. The number of nitrogens with one attached hydrogen (secondary N) is 1. The smallest absolute Gasteiger partial charge is 0.262 e. The summed E-state index contributed by atoms with van der Waals surface area (Å²) in [6.45, 7) is 0.401. The summed E-state index contributed by atoms with van der Waals surface area (Å²) in [5.74, 6) is -1.19. The Kier molecular flexibility index (Phi) is 6.26. The van der Waals surface area contributed by atoms with Crippen molar-refractivity contribution in [1.29, 1.82) is 0 Å². The van der Waals surface area contributed by atoms with Crippen molar-refractivity contribution in [3.8, 4) is 10.4 Å². The number of likely N-dealkylation sites (tertiary alicyclic amines) is 1. The fourth-order valence-corrected chi connectivity index (χ4v) is 5.46. The Morgan fingerprint density at radius 2 is 1.85 bits per heavy atom. The van der Waals surface area contributed by atoms with E-state index in [1.54, 1.807) is 18.2 Å². The predicted molar refractivity (Wildman–Crippen MR) is 126 cm³/mol. The van der Waals surface area contributed by atoms with Crippen LogP contribution in [0.3, 0.4) is 0 Å². The summed E-state index contributed by atoms with van der Waals surface area (Å²) in [7, 11) is 0. The minimum atomic E-state index is -0.896. The first kappa shape index (κ1) is 22.4. The topological polar surface area (TPSA) is 75.7 Å². The van der Waals surface area contributed by atoms with E-state index in [2.05, 4.69) is 5.32 Å². The molecule has 3 atom stereocenters. The summed E-state index contributed by atoms with van der Waals surface area (Å²) >= 11 is 1.34. The maximum Gasteiger partial charge on any atom is 0.262 e. The highest BCUT2D eigenvalue weighted by atomic mass is 32.1.